The Hall–Kier alpha value is -2.10. The Morgan fingerprint density at radius 2 is 1.96 bits per heavy atom. The standard InChI is InChI=1S/C19H15Cl2NO2/c20-17(11-24-12-23)14-6-7-18-16(9-14)19(21)15(10-22-18)8-13-4-2-1-3-5-13/h1-7,9-10,12,17H,8,11H2. The third-order valence-corrected chi connectivity index (χ3v) is 4.63. The van der Waals surface area contributed by atoms with Gasteiger partial charge < -0.3 is 4.74 Å². The van der Waals surface area contributed by atoms with Gasteiger partial charge in [-0.05, 0) is 28.8 Å². The second-order valence-corrected chi connectivity index (χ2v) is 6.34. The van der Waals surface area contributed by atoms with Crippen LogP contribution in [-0.4, -0.2) is 18.1 Å². The van der Waals surface area contributed by atoms with Gasteiger partial charge in [-0.15, -0.1) is 11.6 Å². The van der Waals surface area contributed by atoms with E-state index in [-0.39, 0.29) is 6.61 Å². The van der Waals surface area contributed by atoms with Crippen LogP contribution >= 0.6 is 23.2 Å². The summed E-state index contributed by atoms with van der Waals surface area (Å²) in [6, 6.07) is 15.8. The zero-order valence-corrected chi connectivity index (χ0v) is 14.3. The fourth-order valence-corrected chi connectivity index (χ4v) is 3.05. The predicted octanol–water partition coefficient (Wildman–Crippen LogP) is 4.93. The predicted molar refractivity (Wildman–Crippen MR) is 96.6 cm³/mol. The van der Waals surface area contributed by atoms with E-state index in [1.54, 1.807) is 0 Å². The van der Waals surface area contributed by atoms with Crippen molar-refractivity contribution in [3.63, 3.8) is 0 Å². The monoisotopic (exact) mass is 359 g/mol. The third kappa shape index (κ3) is 3.69. The summed E-state index contributed by atoms with van der Waals surface area (Å²) in [5.41, 5.74) is 3.78. The number of rotatable bonds is 6. The minimum Gasteiger partial charge on any atom is -0.466 e. The maximum atomic E-state index is 10.3. The van der Waals surface area contributed by atoms with Gasteiger partial charge in [-0.25, -0.2) is 0 Å². The van der Waals surface area contributed by atoms with E-state index in [4.69, 9.17) is 27.9 Å². The van der Waals surface area contributed by atoms with Gasteiger partial charge in [0.1, 0.15) is 6.61 Å². The number of halogens is 2. The number of aromatic nitrogens is 1. The van der Waals surface area contributed by atoms with Crippen molar-refractivity contribution in [3.05, 3.63) is 76.4 Å². The van der Waals surface area contributed by atoms with Crippen LogP contribution in [-0.2, 0) is 16.0 Å². The van der Waals surface area contributed by atoms with E-state index in [1.165, 1.54) is 5.56 Å². The van der Waals surface area contributed by atoms with Crippen molar-refractivity contribution in [1.82, 2.24) is 4.98 Å². The van der Waals surface area contributed by atoms with Gasteiger partial charge in [0.2, 0.25) is 0 Å². The number of fused-ring (bicyclic) bond motifs is 1. The Morgan fingerprint density at radius 3 is 2.71 bits per heavy atom. The van der Waals surface area contributed by atoms with E-state index in [0.717, 1.165) is 22.0 Å². The molecule has 0 saturated carbocycles. The van der Waals surface area contributed by atoms with Gasteiger partial charge in [0.05, 0.1) is 15.9 Å². The Labute approximate surface area is 150 Å². The van der Waals surface area contributed by atoms with E-state index in [0.29, 0.717) is 17.9 Å². The van der Waals surface area contributed by atoms with Crippen LogP contribution in [0.4, 0.5) is 0 Å². The Balaban J connectivity index is 1.95. The molecule has 0 aliphatic carbocycles. The maximum absolute atomic E-state index is 10.3. The summed E-state index contributed by atoms with van der Waals surface area (Å²) in [6.07, 6.45) is 2.52. The molecule has 1 heterocycles. The Bertz CT molecular complexity index is 853. The SMILES string of the molecule is O=COCC(Cl)c1ccc2ncc(Cc3ccccc3)c(Cl)c2c1. The fourth-order valence-electron chi connectivity index (χ4n) is 2.57. The van der Waals surface area contributed by atoms with Gasteiger partial charge in [-0.3, -0.25) is 9.78 Å². The van der Waals surface area contributed by atoms with Crippen molar-refractivity contribution in [3.8, 4) is 0 Å². The van der Waals surface area contributed by atoms with Crippen LogP contribution in [0.3, 0.4) is 0 Å². The summed E-state index contributed by atoms with van der Waals surface area (Å²) in [4.78, 5) is 14.8. The molecule has 1 aromatic heterocycles. The number of pyridine rings is 1. The molecule has 3 aromatic rings. The molecule has 3 nitrogen and oxygen atoms in total. The first kappa shape index (κ1) is 16.7. The Kier molecular flexibility index (Phi) is 5.34. The number of benzene rings is 2. The highest BCUT2D eigenvalue weighted by atomic mass is 35.5. The molecule has 1 atom stereocenters. The minimum atomic E-state index is -0.423. The van der Waals surface area contributed by atoms with Gasteiger partial charge in [0, 0.05) is 18.0 Å². The summed E-state index contributed by atoms with van der Waals surface area (Å²) < 4.78 is 4.73. The highest BCUT2D eigenvalue weighted by Crippen LogP contribution is 2.31. The van der Waals surface area contributed by atoms with Crippen molar-refractivity contribution in [2.75, 3.05) is 6.61 Å². The summed E-state index contributed by atoms with van der Waals surface area (Å²) in [5.74, 6) is 0. The van der Waals surface area contributed by atoms with Crippen molar-refractivity contribution in [2.24, 2.45) is 0 Å². The lowest BCUT2D eigenvalue weighted by molar-refractivity contribution is -0.128. The van der Waals surface area contributed by atoms with Crippen molar-refractivity contribution >= 4 is 40.6 Å². The molecule has 0 fully saturated rings. The van der Waals surface area contributed by atoms with Crippen molar-refractivity contribution in [1.29, 1.82) is 0 Å². The number of carbonyl (C=O) groups excluding carboxylic acids is 1. The van der Waals surface area contributed by atoms with Crippen LogP contribution in [0.25, 0.3) is 10.9 Å². The highest BCUT2D eigenvalue weighted by Gasteiger charge is 2.13. The average Bonchev–Trinajstić information content (AvgIpc) is 2.63. The molecule has 0 N–H and O–H groups in total. The van der Waals surface area contributed by atoms with Gasteiger partial charge >= 0.3 is 0 Å². The number of hydrogen-bond acceptors (Lipinski definition) is 3. The van der Waals surface area contributed by atoms with Crippen LogP contribution in [0.1, 0.15) is 22.1 Å². The fraction of sp³-hybridized carbons (Fsp3) is 0.158. The number of ether oxygens (including phenoxy) is 1. The summed E-state index contributed by atoms with van der Waals surface area (Å²) in [7, 11) is 0. The molecular weight excluding hydrogens is 345 g/mol. The first-order valence-electron chi connectivity index (χ1n) is 7.49. The second kappa shape index (κ2) is 7.65. The van der Waals surface area contributed by atoms with Crippen LogP contribution in [0.2, 0.25) is 5.02 Å². The molecule has 0 amide bonds. The number of alkyl halides is 1. The summed E-state index contributed by atoms with van der Waals surface area (Å²) >= 11 is 12.9. The second-order valence-electron chi connectivity index (χ2n) is 5.43. The molecule has 0 aliphatic heterocycles. The van der Waals surface area contributed by atoms with Gasteiger partial charge in [0.15, 0.2) is 0 Å². The third-order valence-electron chi connectivity index (χ3n) is 3.81. The lowest BCUT2D eigenvalue weighted by atomic mass is 10.0. The molecule has 122 valence electrons. The molecule has 5 heteroatoms. The lowest BCUT2D eigenvalue weighted by Crippen LogP contribution is -2.01. The quantitative estimate of drug-likeness (QED) is 0.462. The maximum Gasteiger partial charge on any atom is 0.293 e. The molecule has 0 aliphatic rings. The lowest BCUT2D eigenvalue weighted by Gasteiger charge is -2.12. The molecule has 2 aromatic carbocycles. The normalized spacial score (nSPS) is 12.1. The molecule has 0 saturated heterocycles. The van der Waals surface area contributed by atoms with Gasteiger partial charge in [-0.1, -0.05) is 48.0 Å². The van der Waals surface area contributed by atoms with E-state index in [2.05, 4.69) is 17.1 Å². The zero-order chi connectivity index (χ0) is 16.9. The zero-order valence-electron chi connectivity index (χ0n) is 12.8. The van der Waals surface area contributed by atoms with Crippen molar-refractivity contribution in [2.45, 2.75) is 11.8 Å². The molecule has 0 bridgehead atoms. The molecule has 1 unspecified atom stereocenters. The van der Waals surface area contributed by atoms with E-state index in [9.17, 15) is 4.79 Å². The number of carbonyl (C=O) groups is 1. The summed E-state index contributed by atoms with van der Waals surface area (Å²) in [5, 5.41) is 1.10. The van der Waals surface area contributed by atoms with Gasteiger partial charge in [0.25, 0.3) is 6.47 Å². The minimum absolute atomic E-state index is 0.116. The van der Waals surface area contributed by atoms with Gasteiger partial charge in [-0.2, -0.15) is 0 Å². The Morgan fingerprint density at radius 1 is 1.17 bits per heavy atom. The van der Waals surface area contributed by atoms with Crippen LogP contribution < -0.4 is 0 Å². The van der Waals surface area contributed by atoms with E-state index in [1.807, 2.05) is 42.6 Å². The molecular formula is C19H15Cl2NO2. The highest BCUT2D eigenvalue weighted by molar-refractivity contribution is 6.36. The molecule has 24 heavy (non-hydrogen) atoms. The van der Waals surface area contributed by atoms with Crippen LogP contribution in [0.15, 0.2) is 54.7 Å². The van der Waals surface area contributed by atoms with Crippen LogP contribution in [0.5, 0.6) is 0 Å². The first-order chi connectivity index (χ1) is 11.7. The number of nitrogens with zero attached hydrogens (tertiary/aromatic N) is 1. The average molecular weight is 360 g/mol. The first-order valence-corrected chi connectivity index (χ1v) is 8.30. The smallest absolute Gasteiger partial charge is 0.293 e. The van der Waals surface area contributed by atoms with Crippen LogP contribution in [0, 0.1) is 0 Å². The number of hydrogen-bond donors (Lipinski definition) is 0. The largest absolute Gasteiger partial charge is 0.466 e. The topological polar surface area (TPSA) is 39.2 Å². The van der Waals surface area contributed by atoms with Crippen molar-refractivity contribution < 1.29 is 9.53 Å². The molecule has 0 radical (unpaired) electrons. The van der Waals surface area contributed by atoms with E-state index >= 15 is 0 Å². The molecule has 3 rings (SSSR count). The van der Waals surface area contributed by atoms with E-state index < -0.39 is 5.38 Å². The molecule has 0 spiro atoms. The summed E-state index contributed by atoms with van der Waals surface area (Å²) in [6.45, 7) is 0.508.